The van der Waals surface area contributed by atoms with E-state index in [0.29, 0.717) is 11.9 Å². The molecular weight excluding hydrogens is 390 g/mol. The predicted molar refractivity (Wildman–Crippen MR) is 128 cm³/mol. The van der Waals surface area contributed by atoms with E-state index in [1.165, 1.54) is 13.1 Å². The summed E-state index contributed by atoms with van der Waals surface area (Å²) in [5.74, 6) is 1.34. The van der Waals surface area contributed by atoms with Crippen molar-refractivity contribution in [3.05, 3.63) is 0 Å². The Hall–Kier alpha value is -1.38. The molecule has 31 heavy (non-hydrogen) atoms. The molecule has 0 aromatic heterocycles. The lowest BCUT2D eigenvalue weighted by molar-refractivity contribution is -0.135. The molecule has 3 heterocycles. The summed E-state index contributed by atoms with van der Waals surface area (Å²) in [4.78, 5) is 29.6. The monoisotopic (exact) mass is 435 g/mol. The molecule has 2 unspecified atom stereocenters. The van der Waals surface area contributed by atoms with Crippen LogP contribution in [0, 0.1) is 0 Å². The lowest BCUT2D eigenvalue weighted by atomic mass is 10.2. The Morgan fingerprint density at radius 3 is 2.03 bits per heavy atom. The van der Waals surface area contributed by atoms with Crippen molar-refractivity contribution in [1.82, 2.24) is 29.8 Å². The summed E-state index contributed by atoms with van der Waals surface area (Å²) in [5.41, 5.74) is 0. The van der Waals surface area contributed by atoms with Crippen LogP contribution in [0.25, 0.3) is 0 Å². The molecule has 0 aliphatic carbocycles. The Balaban J connectivity index is 1.48. The molecule has 8 nitrogen and oxygen atoms in total. The van der Waals surface area contributed by atoms with Gasteiger partial charge in [0, 0.05) is 78.0 Å². The third-order valence-corrected chi connectivity index (χ3v) is 7.25. The van der Waals surface area contributed by atoms with E-state index in [4.69, 9.17) is 4.99 Å². The number of piperazine rings is 2. The Bertz CT molecular complexity index is 576. The summed E-state index contributed by atoms with van der Waals surface area (Å²) >= 11 is 0. The van der Waals surface area contributed by atoms with Crippen LogP contribution in [0.15, 0.2) is 4.99 Å². The third kappa shape index (κ3) is 6.56. The quantitative estimate of drug-likeness (QED) is 0.467. The summed E-state index contributed by atoms with van der Waals surface area (Å²) in [7, 11) is 0. The summed E-state index contributed by atoms with van der Waals surface area (Å²) < 4.78 is 0. The van der Waals surface area contributed by atoms with E-state index >= 15 is 0 Å². The Kier molecular flexibility index (Phi) is 9.41. The molecule has 3 aliphatic heterocycles. The molecule has 0 aromatic carbocycles. The molecule has 0 bridgehead atoms. The van der Waals surface area contributed by atoms with E-state index in [9.17, 15) is 4.79 Å². The lowest BCUT2D eigenvalue weighted by Gasteiger charge is -2.40. The normalized spacial score (nSPS) is 24.5. The maximum absolute atomic E-state index is 12.8. The molecule has 0 saturated carbocycles. The number of hydrogen-bond donors (Lipinski definition) is 1. The number of likely N-dealkylation sites (N-methyl/N-ethyl adjacent to an activating group) is 1. The highest BCUT2D eigenvalue weighted by Crippen LogP contribution is 2.14. The van der Waals surface area contributed by atoms with Crippen LogP contribution in [0.2, 0.25) is 0 Å². The van der Waals surface area contributed by atoms with Gasteiger partial charge in [-0.25, -0.2) is 0 Å². The second kappa shape index (κ2) is 12.0. The number of aliphatic imine (C=N–C) groups is 1. The number of nitrogens with one attached hydrogen (secondary N) is 1. The fourth-order valence-corrected chi connectivity index (χ4v) is 4.96. The molecule has 3 aliphatic rings. The van der Waals surface area contributed by atoms with Gasteiger partial charge in [-0.1, -0.05) is 6.92 Å². The zero-order valence-corrected chi connectivity index (χ0v) is 20.4. The number of rotatable bonds is 7. The highest BCUT2D eigenvalue weighted by Gasteiger charge is 2.30. The summed E-state index contributed by atoms with van der Waals surface area (Å²) in [5, 5.41) is 3.49. The van der Waals surface area contributed by atoms with Gasteiger partial charge in [-0.05, 0) is 40.2 Å². The van der Waals surface area contributed by atoms with Crippen LogP contribution in [0.3, 0.4) is 0 Å². The molecule has 8 heteroatoms. The molecule has 2 atom stereocenters. The van der Waals surface area contributed by atoms with Crippen molar-refractivity contribution in [2.45, 2.75) is 52.6 Å². The molecule has 0 aromatic rings. The van der Waals surface area contributed by atoms with Crippen LogP contribution in [-0.4, -0.2) is 134 Å². The molecule has 1 N–H and O–H groups in total. The highest BCUT2D eigenvalue weighted by atomic mass is 16.2. The molecule has 178 valence electrons. The summed E-state index contributed by atoms with van der Waals surface area (Å²) in [6, 6.07) is 0.452. The molecule has 0 spiro atoms. The first-order valence-electron chi connectivity index (χ1n) is 12.6. The van der Waals surface area contributed by atoms with Gasteiger partial charge >= 0.3 is 0 Å². The van der Waals surface area contributed by atoms with Crippen molar-refractivity contribution >= 4 is 11.9 Å². The van der Waals surface area contributed by atoms with Crippen molar-refractivity contribution in [2.24, 2.45) is 4.99 Å². The molecule has 1 amide bonds. The fourth-order valence-electron chi connectivity index (χ4n) is 4.96. The number of guanidine groups is 1. The zero-order chi connectivity index (χ0) is 22.2. The fraction of sp³-hybridized carbons (Fsp3) is 0.913. The van der Waals surface area contributed by atoms with E-state index in [2.05, 4.69) is 52.6 Å². The van der Waals surface area contributed by atoms with Crippen molar-refractivity contribution in [3.8, 4) is 0 Å². The van der Waals surface area contributed by atoms with Gasteiger partial charge in [0.2, 0.25) is 5.91 Å². The van der Waals surface area contributed by atoms with Crippen molar-refractivity contribution in [1.29, 1.82) is 0 Å². The van der Waals surface area contributed by atoms with Gasteiger partial charge in [0.15, 0.2) is 5.96 Å². The van der Waals surface area contributed by atoms with Gasteiger partial charge in [0.1, 0.15) is 0 Å². The minimum Gasteiger partial charge on any atom is -0.357 e. The van der Waals surface area contributed by atoms with E-state index in [0.717, 1.165) is 90.8 Å². The number of amides is 1. The predicted octanol–water partition coefficient (Wildman–Crippen LogP) is 0.606. The Labute approximate surface area is 189 Å². The van der Waals surface area contributed by atoms with Crippen LogP contribution in [0.5, 0.6) is 0 Å². The molecule has 3 rings (SSSR count). The molecular formula is C23H45N7O. The van der Waals surface area contributed by atoms with Crippen LogP contribution < -0.4 is 5.32 Å². The highest BCUT2D eigenvalue weighted by molar-refractivity contribution is 5.82. The van der Waals surface area contributed by atoms with E-state index in [1.54, 1.807) is 0 Å². The van der Waals surface area contributed by atoms with Gasteiger partial charge in [0.05, 0.1) is 12.6 Å². The average Bonchev–Trinajstić information content (AvgIpc) is 3.36. The number of carbonyl (C=O) groups excluding carboxylic acids is 1. The average molecular weight is 436 g/mol. The number of hydrogen-bond acceptors (Lipinski definition) is 5. The second-order valence-electron chi connectivity index (χ2n) is 9.25. The molecule has 3 fully saturated rings. The van der Waals surface area contributed by atoms with Crippen molar-refractivity contribution in [3.63, 3.8) is 0 Å². The van der Waals surface area contributed by atoms with Gasteiger partial charge in [-0.3, -0.25) is 19.6 Å². The summed E-state index contributed by atoms with van der Waals surface area (Å²) in [6.45, 7) is 21.8. The van der Waals surface area contributed by atoms with Gasteiger partial charge in [-0.15, -0.1) is 0 Å². The smallest absolute Gasteiger partial charge is 0.239 e. The standard InChI is InChI=1S/C23H45N7O/c1-5-24-23(25-19-20(3)27-13-11-26(6-2)12-14-27)30-17-15-28(16-18-30)21(4)22(31)29-9-7-8-10-29/h20-21H,5-19H2,1-4H3,(H,24,25). The van der Waals surface area contributed by atoms with Crippen molar-refractivity contribution in [2.75, 3.05) is 85.1 Å². The minimum absolute atomic E-state index is 0.0124. The minimum atomic E-state index is -0.0124. The number of likely N-dealkylation sites (tertiary alicyclic amines) is 1. The van der Waals surface area contributed by atoms with E-state index < -0.39 is 0 Å². The van der Waals surface area contributed by atoms with Crippen LogP contribution in [0.4, 0.5) is 0 Å². The van der Waals surface area contributed by atoms with Crippen molar-refractivity contribution < 1.29 is 4.79 Å². The topological polar surface area (TPSA) is 57.7 Å². The van der Waals surface area contributed by atoms with Crippen LogP contribution >= 0.6 is 0 Å². The second-order valence-corrected chi connectivity index (χ2v) is 9.25. The third-order valence-electron chi connectivity index (χ3n) is 7.25. The SMILES string of the molecule is CCNC(=NCC(C)N1CCN(CC)CC1)N1CCN(C(C)C(=O)N2CCCC2)CC1. The first-order valence-corrected chi connectivity index (χ1v) is 12.6. The maximum Gasteiger partial charge on any atom is 0.239 e. The first kappa shape index (κ1) is 24.3. The Morgan fingerprint density at radius 1 is 0.839 bits per heavy atom. The number of carbonyl (C=O) groups is 1. The Morgan fingerprint density at radius 2 is 1.45 bits per heavy atom. The molecule has 0 radical (unpaired) electrons. The summed E-state index contributed by atoms with van der Waals surface area (Å²) in [6.07, 6.45) is 2.31. The van der Waals surface area contributed by atoms with Gasteiger partial charge in [0.25, 0.3) is 0 Å². The van der Waals surface area contributed by atoms with E-state index in [-0.39, 0.29) is 6.04 Å². The lowest BCUT2D eigenvalue weighted by Crippen LogP contribution is -2.57. The van der Waals surface area contributed by atoms with Crippen LogP contribution in [-0.2, 0) is 4.79 Å². The number of nitrogens with zero attached hydrogens (tertiary/aromatic N) is 6. The van der Waals surface area contributed by atoms with E-state index in [1.807, 2.05) is 4.90 Å². The zero-order valence-electron chi connectivity index (χ0n) is 20.4. The van der Waals surface area contributed by atoms with Gasteiger partial charge < -0.3 is 20.0 Å². The first-order chi connectivity index (χ1) is 15.0. The maximum atomic E-state index is 12.8. The van der Waals surface area contributed by atoms with Gasteiger partial charge in [-0.2, -0.15) is 0 Å². The van der Waals surface area contributed by atoms with Crippen LogP contribution in [0.1, 0.15) is 40.5 Å². The largest absolute Gasteiger partial charge is 0.357 e. The molecule has 3 saturated heterocycles.